The summed E-state index contributed by atoms with van der Waals surface area (Å²) in [4.78, 5) is 11.3. The average Bonchev–Trinajstić information content (AvgIpc) is 3.04. The summed E-state index contributed by atoms with van der Waals surface area (Å²) < 4.78 is 0. The van der Waals surface area contributed by atoms with Crippen molar-refractivity contribution in [3.63, 3.8) is 0 Å². The van der Waals surface area contributed by atoms with E-state index in [-0.39, 0.29) is 11.5 Å². The molecule has 0 radical (unpaired) electrons. The number of amidine groups is 1. The van der Waals surface area contributed by atoms with Crippen molar-refractivity contribution < 1.29 is 0 Å². The first-order valence-corrected chi connectivity index (χ1v) is 12.1. The molecule has 1 aromatic rings. The smallest absolute Gasteiger partial charge is 0.129 e. The van der Waals surface area contributed by atoms with Crippen molar-refractivity contribution in [3.8, 4) is 0 Å². The van der Waals surface area contributed by atoms with Gasteiger partial charge in [0.05, 0.1) is 5.02 Å². The van der Waals surface area contributed by atoms with E-state index in [0.29, 0.717) is 0 Å². The van der Waals surface area contributed by atoms with Crippen molar-refractivity contribution >= 4 is 23.7 Å². The van der Waals surface area contributed by atoms with Crippen LogP contribution < -0.4 is 5.73 Å². The minimum Gasteiger partial charge on any atom is -0.357 e. The third-order valence-corrected chi connectivity index (χ3v) is 7.59. The molecular weight excluding hydrogens is 428 g/mol. The van der Waals surface area contributed by atoms with Gasteiger partial charge in [0.15, 0.2) is 0 Å². The molecule has 172 valence electrons. The monoisotopic (exact) mass is 460 g/mol. The molecule has 0 aromatic heterocycles. The lowest BCUT2D eigenvalue weighted by Gasteiger charge is -2.43. The highest BCUT2D eigenvalue weighted by Crippen LogP contribution is 2.49. The van der Waals surface area contributed by atoms with Crippen molar-refractivity contribution in [1.29, 1.82) is 0 Å². The number of nitrogens with two attached hydrogens (primary N) is 1. The summed E-state index contributed by atoms with van der Waals surface area (Å²) in [6.45, 7) is 7.63. The fraction of sp³-hybridized carbons (Fsp3) is 0.357. The van der Waals surface area contributed by atoms with Crippen LogP contribution in [0.5, 0.6) is 0 Å². The van der Waals surface area contributed by atoms with Crippen LogP contribution >= 0.6 is 11.6 Å². The number of hydrogen-bond donors (Lipinski definition) is 1. The highest BCUT2D eigenvalue weighted by atomic mass is 35.5. The number of aryl methyl sites for hydroxylation is 1. The summed E-state index contributed by atoms with van der Waals surface area (Å²) in [7, 11) is 0. The molecule has 4 nitrogen and oxygen atoms in total. The van der Waals surface area contributed by atoms with E-state index < -0.39 is 0 Å². The summed E-state index contributed by atoms with van der Waals surface area (Å²) in [6, 6.07) is 6.04. The highest BCUT2D eigenvalue weighted by molar-refractivity contribution is 6.33. The third kappa shape index (κ3) is 5.13. The second-order valence-corrected chi connectivity index (χ2v) is 9.49. The van der Waals surface area contributed by atoms with Gasteiger partial charge in [0.25, 0.3) is 0 Å². The van der Waals surface area contributed by atoms with Crippen LogP contribution in [0.25, 0.3) is 0 Å². The topological polar surface area (TPSA) is 54.0 Å². The van der Waals surface area contributed by atoms with Gasteiger partial charge in [-0.25, -0.2) is 4.99 Å². The van der Waals surface area contributed by atoms with Crippen LogP contribution in [-0.2, 0) is 0 Å². The quantitative estimate of drug-likeness (QED) is 0.433. The van der Waals surface area contributed by atoms with Crippen molar-refractivity contribution in [2.24, 2.45) is 21.1 Å². The molecular formula is C28H33ClN4. The number of hydrogen-bond acceptors (Lipinski definition) is 3. The maximum Gasteiger partial charge on any atom is 0.129 e. The second-order valence-electron chi connectivity index (χ2n) is 9.11. The van der Waals surface area contributed by atoms with Gasteiger partial charge in [-0.3, -0.25) is 4.99 Å². The Kier molecular flexibility index (Phi) is 7.46. The minimum absolute atomic E-state index is 0.104. The molecule has 1 atom stereocenters. The van der Waals surface area contributed by atoms with Crippen molar-refractivity contribution in [3.05, 3.63) is 94.9 Å². The summed E-state index contributed by atoms with van der Waals surface area (Å²) in [6.07, 6.45) is 21.6. The lowest BCUT2D eigenvalue weighted by Crippen LogP contribution is -2.49. The predicted molar refractivity (Wildman–Crippen MR) is 141 cm³/mol. The van der Waals surface area contributed by atoms with E-state index in [9.17, 15) is 0 Å². The van der Waals surface area contributed by atoms with Crippen LogP contribution in [0.1, 0.15) is 43.2 Å². The van der Waals surface area contributed by atoms with Crippen LogP contribution in [0.15, 0.2) is 88.7 Å². The number of likely N-dealkylation sites (tertiary alicyclic amines) is 1. The average molecular weight is 461 g/mol. The van der Waals surface area contributed by atoms with E-state index >= 15 is 0 Å². The summed E-state index contributed by atoms with van der Waals surface area (Å²) in [5.41, 5.74) is 11.7. The first kappa shape index (κ1) is 23.5. The summed E-state index contributed by atoms with van der Waals surface area (Å²) in [5.74, 6) is 0.880. The van der Waals surface area contributed by atoms with Crippen LogP contribution in [0.3, 0.4) is 0 Å². The first-order chi connectivity index (χ1) is 16.0. The highest BCUT2D eigenvalue weighted by Gasteiger charge is 2.46. The van der Waals surface area contributed by atoms with Crippen molar-refractivity contribution in [2.75, 3.05) is 13.1 Å². The Morgan fingerprint density at radius 1 is 1.21 bits per heavy atom. The summed E-state index contributed by atoms with van der Waals surface area (Å²) in [5, 5.41) is 0.733. The first-order valence-electron chi connectivity index (χ1n) is 11.7. The molecule has 1 heterocycles. The molecule has 5 heteroatoms. The Morgan fingerprint density at radius 2 is 1.97 bits per heavy atom. The van der Waals surface area contributed by atoms with E-state index in [0.717, 1.165) is 67.2 Å². The maximum atomic E-state index is 6.82. The third-order valence-electron chi connectivity index (χ3n) is 7.08. The molecule has 0 bridgehead atoms. The number of piperidine rings is 1. The summed E-state index contributed by atoms with van der Waals surface area (Å²) >= 11 is 6.36. The Labute approximate surface area is 202 Å². The minimum atomic E-state index is 0.104. The molecule has 2 N–H and O–H groups in total. The number of nitrogens with zero attached hydrogens (tertiary/aromatic N) is 3. The van der Waals surface area contributed by atoms with Gasteiger partial charge in [-0.15, -0.1) is 0 Å². The van der Waals surface area contributed by atoms with Crippen LogP contribution in [0, 0.1) is 12.3 Å². The lowest BCUT2D eigenvalue weighted by molar-refractivity contribution is 0.140. The van der Waals surface area contributed by atoms with Crippen LogP contribution in [0.4, 0.5) is 0 Å². The standard InChI is InChI=1S/C28H33ClN4/c1-3-32-25(13-16-31-20-23-11-8-9-21(2)26(23)29)33-17-14-28(15-18-33)19-22-10-6-4-5-7-12-24(22)27(28)30/h3,6-13,16,20,27H,1,4-5,14-15,17-19,30H2,2H3/b10-6?,12-7-,16-13+,31-20?,32-25?. The molecule has 1 aromatic carbocycles. The number of allylic oxidation sites excluding steroid dienone is 4. The molecule has 1 aliphatic heterocycles. The zero-order valence-electron chi connectivity index (χ0n) is 19.4. The fourth-order valence-corrected chi connectivity index (χ4v) is 5.29. The molecule has 2 aliphatic carbocycles. The predicted octanol–water partition coefficient (Wildman–Crippen LogP) is 6.14. The number of aliphatic imine (C=N–C) groups is 2. The van der Waals surface area contributed by atoms with Gasteiger partial charge in [0.2, 0.25) is 0 Å². The maximum absolute atomic E-state index is 6.82. The molecule has 1 unspecified atom stereocenters. The molecule has 0 amide bonds. The van der Waals surface area contributed by atoms with E-state index in [1.165, 1.54) is 11.1 Å². The number of benzene rings is 1. The Morgan fingerprint density at radius 3 is 2.73 bits per heavy atom. The van der Waals surface area contributed by atoms with Crippen LogP contribution in [-0.4, -0.2) is 36.1 Å². The molecule has 33 heavy (non-hydrogen) atoms. The molecule has 3 aliphatic rings. The molecule has 1 fully saturated rings. The van der Waals surface area contributed by atoms with E-state index in [1.54, 1.807) is 18.6 Å². The normalized spacial score (nSPS) is 23.9. The number of rotatable bonds is 4. The van der Waals surface area contributed by atoms with Gasteiger partial charge in [-0.1, -0.05) is 60.7 Å². The molecule has 1 saturated heterocycles. The van der Waals surface area contributed by atoms with E-state index in [4.69, 9.17) is 17.3 Å². The molecule has 4 rings (SSSR count). The SMILES string of the molecule is C=CN=C(/C=C/N=Cc1cccc(C)c1Cl)N1CCC2(CC1)CC1=C(/C=C\CCC=C1)C2N. The second kappa shape index (κ2) is 10.5. The Bertz CT molecular complexity index is 1070. The van der Waals surface area contributed by atoms with Gasteiger partial charge in [0, 0.05) is 43.3 Å². The van der Waals surface area contributed by atoms with Crippen molar-refractivity contribution in [2.45, 2.75) is 45.1 Å². The Balaban J connectivity index is 1.42. The number of halogens is 1. The van der Waals surface area contributed by atoms with E-state index in [2.05, 4.69) is 45.8 Å². The van der Waals surface area contributed by atoms with Gasteiger partial charge < -0.3 is 10.6 Å². The van der Waals surface area contributed by atoms with Crippen molar-refractivity contribution in [1.82, 2.24) is 4.90 Å². The van der Waals surface area contributed by atoms with Gasteiger partial charge >= 0.3 is 0 Å². The van der Waals surface area contributed by atoms with Gasteiger partial charge in [-0.05, 0) is 67.2 Å². The zero-order valence-corrected chi connectivity index (χ0v) is 20.1. The zero-order chi connectivity index (χ0) is 23.3. The molecule has 1 spiro atoms. The Hall–Kier alpha value is -2.69. The van der Waals surface area contributed by atoms with Gasteiger partial charge in [-0.2, -0.15) is 0 Å². The largest absolute Gasteiger partial charge is 0.357 e. The van der Waals surface area contributed by atoms with E-state index in [1.807, 2.05) is 31.2 Å². The van der Waals surface area contributed by atoms with Crippen LogP contribution in [0.2, 0.25) is 5.02 Å². The van der Waals surface area contributed by atoms with Gasteiger partial charge in [0.1, 0.15) is 5.84 Å². The molecule has 0 saturated carbocycles. The fourth-order valence-electron chi connectivity index (χ4n) is 5.11. The lowest BCUT2D eigenvalue weighted by atomic mass is 9.72.